The second-order valence-electron chi connectivity index (χ2n) is 8.83. The number of methoxy groups -OCH3 is 1. The highest BCUT2D eigenvalue weighted by Gasteiger charge is 2.33. The van der Waals surface area contributed by atoms with Crippen LogP contribution in [0.3, 0.4) is 0 Å². The third kappa shape index (κ3) is 3.90. The molecule has 3 heterocycles. The van der Waals surface area contributed by atoms with Crippen LogP contribution in [0.4, 0.5) is 17.3 Å². The average Bonchev–Trinajstić information content (AvgIpc) is 3.44. The van der Waals surface area contributed by atoms with Gasteiger partial charge in [-0.05, 0) is 44.2 Å². The van der Waals surface area contributed by atoms with E-state index in [-0.39, 0.29) is 29.7 Å². The smallest absolute Gasteiger partial charge is 0.274 e. The van der Waals surface area contributed by atoms with Crippen molar-refractivity contribution in [2.24, 2.45) is 0 Å². The van der Waals surface area contributed by atoms with Crippen molar-refractivity contribution in [3.8, 4) is 0 Å². The highest BCUT2D eigenvalue weighted by atomic mass is 16.5. The minimum absolute atomic E-state index is 0.0162. The van der Waals surface area contributed by atoms with E-state index < -0.39 is 6.10 Å². The predicted molar refractivity (Wildman–Crippen MR) is 127 cm³/mol. The number of anilines is 3. The first-order valence-corrected chi connectivity index (χ1v) is 11.6. The Hall–Kier alpha value is -3.44. The standard InChI is InChI=1S/C23H29N7O4/c1-24-20-11-19(26-15-5-4-10-29(23(15)33)16-6-3-7-17(16)31)28-21-13(12-25-30(20)21)22(32)27-14-8-9-18(14)34-2/h4-5,10-12,14,16-18,24,31H,3,6-9H2,1-2H3,(H,26,28)(H,27,32)/t14-,16-,17+,18-/m0/s1. The van der Waals surface area contributed by atoms with E-state index in [2.05, 4.69) is 26.0 Å². The van der Waals surface area contributed by atoms with Gasteiger partial charge in [0.15, 0.2) is 5.65 Å². The van der Waals surface area contributed by atoms with Gasteiger partial charge in [-0.25, -0.2) is 4.98 Å². The first kappa shape index (κ1) is 22.4. The van der Waals surface area contributed by atoms with Crippen LogP contribution < -0.4 is 21.5 Å². The molecule has 0 aliphatic heterocycles. The zero-order chi connectivity index (χ0) is 23.8. The molecule has 5 rings (SSSR count). The second kappa shape index (κ2) is 9.07. The van der Waals surface area contributed by atoms with E-state index in [1.165, 1.54) is 6.20 Å². The molecule has 1 amide bonds. The number of hydrogen-bond acceptors (Lipinski definition) is 8. The Bertz CT molecular complexity index is 1270. The molecule has 2 fully saturated rings. The SMILES string of the molecule is CNc1cc(Nc2cccn([C@H]3CCC[C@H]3O)c2=O)nc2c(C(=O)N[C@H]3CC[C@@H]3OC)cnn12. The number of carbonyl (C=O) groups is 1. The monoisotopic (exact) mass is 467 g/mol. The fraction of sp³-hybridized carbons (Fsp3) is 0.478. The van der Waals surface area contributed by atoms with Crippen LogP contribution >= 0.6 is 0 Å². The van der Waals surface area contributed by atoms with Crippen LogP contribution in [0.15, 0.2) is 35.4 Å². The number of aliphatic hydroxyl groups excluding tert-OH is 1. The molecule has 34 heavy (non-hydrogen) atoms. The number of nitrogens with one attached hydrogen (secondary N) is 3. The number of nitrogens with zero attached hydrogens (tertiary/aromatic N) is 4. The fourth-order valence-corrected chi connectivity index (χ4v) is 4.78. The quantitative estimate of drug-likeness (QED) is 0.412. The number of aromatic nitrogens is 4. The van der Waals surface area contributed by atoms with Gasteiger partial charge in [0.1, 0.15) is 22.9 Å². The Balaban J connectivity index is 1.46. The Kier molecular flexibility index (Phi) is 5.96. The van der Waals surface area contributed by atoms with E-state index in [1.54, 1.807) is 47.6 Å². The van der Waals surface area contributed by atoms with Gasteiger partial charge in [0.2, 0.25) is 0 Å². The van der Waals surface area contributed by atoms with Crippen LogP contribution in [0, 0.1) is 0 Å². The van der Waals surface area contributed by atoms with Gasteiger partial charge in [0, 0.05) is 26.4 Å². The van der Waals surface area contributed by atoms with Gasteiger partial charge in [-0.2, -0.15) is 9.61 Å². The molecular formula is C23H29N7O4. The molecule has 0 saturated heterocycles. The van der Waals surface area contributed by atoms with Crippen molar-refractivity contribution in [1.29, 1.82) is 0 Å². The van der Waals surface area contributed by atoms with Crippen LogP contribution in [-0.4, -0.2) is 62.6 Å². The third-order valence-electron chi connectivity index (χ3n) is 6.84. The molecule has 0 aromatic carbocycles. The van der Waals surface area contributed by atoms with E-state index in [9.17, 15) is 14.7 Å². The van der Waals surface area contributed by atoms with E-state index in [0.29, 0.717) is 35.0 Å². The largest absolute Gasteiger partial charge is 0.391 e. The summed E-state index contributed by atoms with van der Waals surface area (Å²) in [6.45, 7) is 0. The lowest BCUT2D eigenvalue weighted by Gasteiger charge is -2.35. The minimum atomic E-state index is -0.528. The molecule has 4 atom stereocenters. The number of hydrogen-bond donors (Lipinski definition) is 4. The molecule has 4 N–H and O–H groups in total. The van der Waals surface area contributed by atoms with Gasteiger partial charge in [-0.15, -0.1) is 0 Å². The first-order valence-electron chi connectivity index (χ1n) is 11.6. The Morgan fingerprint density at radius 3 is 2.79 bits per heavy atom. The minimum Gasteiger partial charge on any atom is -0.391 e. The van der Waals surface area contributed by atoms with Crippen molar-refractivity contribution < 1.29 is 14.6 Å². The van der Waals surface area contributed by atoms with E-state index >= 15 is 0 Å². The summed E-state index contributed by atoms with van der Waals surface area (Å²) in [7, 11) is 3.39. The van der Waals surface area contributed by atoms with Crippen LogP contribution in [0.2, 0.25) is 0 Å². The Morgan fingerprint density at radius 2 is 2.12 bits per heavy atom. The summed E-state index contributed by atoms with van der Waals surface area (Å²) in [5, 5.41) is 23.7. The number of pyridine rings is 1. The molecule has 3 aromatic rings. The summed E-state index contributed by atoms with van der Waals surface area (Å²) in [5.41, 5.74) is 0.802. The van der Waals surface area contributed by atoms with Crippen molar-refractivity contribution in [3.63, 3.8) is 0 Å². The maximum absolute atomic E-state index is 13.1. The predicted octanol–water partition coefficient (Wildman–Crippen LogP) is 1.67. The fourth-order valence-electron chi connectivity index (χ4n) is 4.78. The van der Waals surface area contributed by atoms with Gasteiger partial charge in [-0.1, -0.05) is 0 Å². The molecule has 11 nitrogen and oxygen atoms in total. The number of carbonyl (C=O) groups excluding carboxylic acids is 1. The summed E-state index contributed by atoms with van der Waals surface area (Å²) >= 11 is 0. The maximum Gasteiger partial charge on any atom is 0.274 e. The highest BCUT2D eigenvalue weighted by molar-refractivity contribution is 6.00. The molecule has 0 radical (unpaired) electrons. The topological polar surface area (TPSA) is 135 Å². The lowest BCUT2D eigenvalue weighted by Crippen LogP contribution is -2.51. The lowest BCUT2D eigenvalue weighted by molar-refractivity contribution is 0.00732. The molecular weight excluding hydrogens is 438 g/mol. The Morgan fingerprint density at radius 1 is 1.26 bits per heavy atom. The zero-order valence-electron chi connectivity index (χ0n) is 19.2. The summed E-state index contributed by atoms with van der Waals surface area (Å²) < 4.78 is 8.50. The molecule has 0 bridgehead atoms. The third-order valence-corrected chi connectivity index (χ3v) is 6.84. The van der Waals surface area contributed by atoms with Gasteiger partial charge in [0.25, 0.3) is 11.5 Å². The van der Waals surface area contributed by atoms with Gasteiger partial charge in [-0.3, -0.25) is 9.59 Å². The van der Waals surface area contributed by atoms with Crippen LogP contribution in [0.5, 0.6) is 0 Å². The highest BCUT2D eigenvalue weighted by Crippen LogP contribution is 2.29. The summed E-state index contributed by atoms with van der Waals surface area (Å²) in [6.07, 6.45) is 6.80. The van der Waals surface area contributed by atoms with Crippen molar-refractivity contribution >= 4 is 28.9 Å². The molecule has 2 saturated carbocycles. The van der Waals surface area contributed by atoms with Crippen LogP contribution in [-0.2, 0) is 4.74 Å². The molecule has 0 unspecified atom stereocenters. The van der Waals surface area contributed by atoms with Gasteiger partial charge < -0.3 is 30.4 Å². The lowest BCUT2D eigenvalue weighted by atomic mass is 9.89. The maximum atomic E-state index is 13.1. The summed E-state index contributed by atoms with van der Waals surface area (Å²) in [6, 6.07) is 4.90. The van der Waals surface area contributed by atoms with Crippen molar-refractivity contribution in [1.82, 2.24) is 24.5 Å². The molecule has 180 valence electrons. The number of rotatable bonds is 7. The van der Waals surface area contributed by atoms with Crippen molar-refractivity contribution in [2.75, 3.05) is 24.8 Å². The second-order valence-corrected chi connectivity index (χ2v) is 8.83. The van der Waals surface area contributed by atoms with E-state index in [1.807, 2.05) is 0 Å². The van der Waals surface area contributed by atoms with Crippen LogP contribution in [0.25, 0.3) is 5.65 Å². The molecule has 0 spiro atoms. The zero-order valence-corrected chi connectivity index (χ0v) is 19.2. The van der Waals surface area contributed by atoms with E-state index in [4.69, 9.17) is 4.74 Å². The molecule has 11 heteroatoms. The average molecular weight is 468 g/mol. The van der Waals surface area contributed by atoms with Gasteiger partial charge in [0.05, 0.1) is 30.5 Å². The molecule has 2 aliphatic carbocycles. The Labute approximate surface area is 196 Å². The van der Waals surface area contributed by atoms with Crippen LogP contribution in [0.1, 0.15) is 48.5 Å². The van der Waals surface area contributed by atoms with E-state index in [0.717, 1.165) is 25.7 Å². The number of aliphatic hydroxyl groups is 1. The normalized spacial score (nSPS) is 24.1. The number of ether oxygens (including phenoxy) is 1. The van der Waals surface area contributed by atoms with Crippen molar-refractivity contribution in [2.45, 2.75) is 56.4 Å². The van der Waals surface area contributed by atoms with Gasteiger partial charge >= 0.3 is 0 Å². The number of amides is 1. The molecule has 3 aromatic heterocycles. The number of fused-ring (bicyclic) bond motifs is 1. The molecule has 2 aliphatic rings. The first-order chi connectivity index (χ1) is 16.5. The summed E-state index contributed by atoms with van der Waals surface area (Å²) in [4.78, 5) is 30.7. The summed E-state index contributed by atoms with van der Waals surface area (Å²) in [5.74, 6) is 0.727. The van der Waals surface area contributed by atoms with Crippen molar-refractivity contribution in [3.05, 3.63) is 46.5 Å².